The van der Waals surface area contributed by atoms with Crippen LogP contribution in [0.5, 0.6) is 0 Å². The second kappa shape index (κ2) is 9.68. The van der Waals surface area contributed by atoms with Crippen LogP contribution in [0.25, 0.3) is 0 Å². The summed E-state index contributed by atoms with van der Waals surface area (Å²) in [7, 11) is 1.29. The van der Waals surface area contributed by atoms with Crippen LogP contribution in [0.3, 0.4) is 0 Å². The Bertz CT molecular complexity index is 990. The average Bonchev–Trinajstić information content (AvgIpc) is 3.21. The van der Waals surface area contributed by atoms with Crippen molar-refractivity contribution in [3.8, 4) is 0 Å². The van der Waals surface area contributed by atoms with Crippen molar-refractivity contribution in [2.24, 2.45) is 5.16 Å². The molecule has 2 saturated heterocycles. The maximum atomic E-state index is 12.9. The van der Waals surface area contributed by atoms with E-state index < -0.39 is 29.2 Å². The van der Waals surface area contributed by atoms with Crippen LogP contribution in [0.1, 0.15) is 18.5 Å². The Morgan fingerprint density at radius 1 is 1.44 bits per heavy atom. The van der Waals surface area contributed by atoms with Gasteiger partial charge in [-0.2, -0.15) is 0 Å². The number of anilines is 1. The summed E-state index contributed by atoms with van der Waals surface area (Å²) in [6, 6.07) is -0.880. The monoisotopic (exact) mass is 499 g/mol. The lowest BCUT2D eigenvalue weighted by Gasteiger charge is -2.49. The zero-order chi connectivity index (χ0) is 22.8. The number of amides is 2. The van der Waals surface area contributed by atoms with Crippen LogP contribution < -0.4 is 11.1 Å². The van der Waals surface area contributed by atoms with Gasteiger partial charge in [0.15, 0.2) is 10.8 Å². The number of hydrogen-bond acceptors (Lipinski definition) is 11. The van der Waals surface area contributed by atoms with E-state index in [1.165, 1.54) is 35.5 Å². The van der Waals surface area contributed by atoms with Crippen LogP contribution in [-0.4, -0.2) is 81.2 Å². The molecule has 32 heavy (non-hydrogen) atoms. The summed E-state index contributed by atoms with van der Waals surface area (Å²) in [5.74, 6) is -1.83. The molecule has 0 saturated carbocycles. The molecule has 3 aliphatic rings. The van der Waals surface area contributed by atoms with Crippen molar-refractivity contribution in [2.45, 2.75) is 29.5 Å². The number of aliphatic carboxylic acids is 1. The van der Waals surface area contributed by atoms with Crippen LogP contribution in [0.4, 0.5) is 5.13 Å². The molecule has 0 bridgehead atoms. The highest BCUT2D eigenvalue weighted by Gasteiger charge is 2.54. The van der Waals surface area contributed by atoms with Gasteiger partial charge in [0.1, 0.15) is 29.9 Å². The zero-order valence-corrected chi connectivity index (χ0v) is 19.4. The number of β-lactam (4-membered cyclic amide) rings is 1. The second-order valence-corrected chi connectivity index (χ2v) is 10.5. The first-order valence-corrected chi connectivity index (χ1v) is 12.5. The third-order valence-corrected chi connectivity index (χ3v) is 8.63. The lowest BCUT2D eigenvalue weighted by atomic mass is 10.0. The van der Waals surface area contributed by atoms with E-state index in [0.717, 1.165) is 24.2 Å². The minimum Gasteiger partial charge on any atom is -0.477 e. The molecule has 11 nitrogen and oxygen atoms in total. The number of carbonyl (C=O) groups excluding carboxylic acids is 2. The molecule has 1 aromatic heterocycles. The quantitative estimate of drug-likeness (QED) is 0.277. The number of nitrogen functional groups attached to an aromatic ring is 1. The van der Waals surface area contributed by atoms with Crippen LogP contribution in [0.2, 0.25) is 0 Å². The van der Waals surface area contributed by atoms with Gasteiger partial charge in [0.05, 0.1) is 0 Å². The minimum atomic E-state index is -1.15. The third-order valence-electron chi connectivity index (χ3n) is 5.06. The number of thiazole rings is 1. The summed E-state index contributed by atoms with van der Waals surface area (Å²) < 4.78 is 5.37. The van der Waals surface area contributed by atoms with Crippen molar-refractivity contribution in [3.63, 3.8) is 0 Å². The van der Waals surface area contributed by atoms with Gasteiger partial charge in [-0.25, -0.2) is 9.78 Å². The van der Waals surface area contributed by atoms with Crippen LogP contribution in [0, 0.1) is 0 Å². The molecule has 2 fully saturated rings. The Morgan fingerprint density at radius 2 is 2.19 bits per heavy atom. The van der Waals surface area contributed by atoms with Crippen molar-refractivity contribution in [2.75, 3.05) is 31.8 Å². The highest BCUT2D eigenvalue weighted by atomic mass is 32.2. The van der Waals surface area contributed by atoms with E-state index in [4.69, 9.17) is 15.3 Å². The number of nitrogens with two attached hydrogens (primary N) is 1. The number of hydrogen-bond donors (Lipinski definition) is 3. The van der Waals surface area contributed by atoms with Crippen molar-refractivity contribution in [1.29, 1.82) is 0 Å². The Labute approximate surface area is 195 Å². The Kier molecular flexibility index (Phi) is 6.93. The van der Waals surface area contributed by atoms with E-state index in [-0.39, 0.29) is 27.5 Å². The largest absolute Gasteiger partial charge is 0.477 e. The van der Waals surface area contributed by atoms with E-state index in [1.807, 2.05) is 0 Å². The van der Waals surface area contributed by atoms with E-state index >= 15 is 0 Å². The predicted molar refractivity (Wildman–Crippen MR) is 121 cm³/mol. The van der Waals surface area contributed by atoms with E-state index in [9.17, 15) is 19.5 Å². The summed E-state index contributed by atoms with van der Waals surface area (Å²) >= 11 is 4.07. The summed E-state index contributed by atoms with van der Waals surface area (Å²) in [6.45, 7) is 1.30. The minimum absolute atomic E-state index is 0.00111. The Morgan fingerprint density at radius 3 is 2.81 bits per heavy atom. The topological polar surface area (TPSA) is 156 Å². The fourth-order valence-electron chi connectivity index (χ4n) is 3.58. The number of nitrogens with zero attached hydrogens (tertiary/aromatic N) is 3. The van der Waals surface area contributed by atoms with Crippen molar-refractivity contribution in [1.82, 2.24) is 15.2 Å². The maximum Gasteiger partial charge on any atom is 0.353 e. The summed E-state index contributed by atoms with van der Waals surface area (Å²) in [5.41, 5.74) is 5.75. The van der Waals surface area contributed by atoms with Gasteiger partial charge in [-0.1, -0.05) is 5.16 Å². The molecule has 0 radical (unpaired) electrons. The second-order valence-electron chi connectivity index (χ2n) is 7.06. The van der Waals surface area contributed by atoms with Crippen molar-refractivity contribution in [3.05, 3.63) is 21.7 Å². The molecule has 4 N–H and O–H groups in total. The molecular formula is C18H21N5O6S3. The predicted octanol–water partition coefficient (Wildman–Crippen LogP) is 0.684. The van der Waals surface area contributed by atoms with Crippen LogP contribution in [0.15, 0.2) is 21.1 Å². The number of nitrogens with one attached hydrogen (secondary N) is 1. The van der Waals surface area contributed by atoms with Gasteiger partial charge in [0.25, 0.3) is 11.8 Å². The Hall–Kier alpha value is -2.29. The molecule has 0 spiro atoms. The SMILES string of the molecule is CO/N=C(\C(=O)NC1C(=O)N2C(C(=O)O)=C(SC3CCOCC3)CS[C@@H]12)c1csc(N)n1. The number of aromatic nitrogens is 1. The van der Waals surface area contributed by atoms with Gasteiger partial charge in [0, 0.05) is 34.5 Å². The molecule has 3 aliphatic heterocycles. The van der Waals surface area contributed by atoms with E-state index in [0.29, 0.717) is 23.9 Å². The molecule has 172 valence electrons. The maximum absolute atomic E-state index is 12.9. The summed E-state index contributed by atoms with van der Waals surface area (Å²) in [4.78, 5) is 48.4. The molecule has 1 aromatic rings. The van der Waals surface area contributed by atoms with Gasteiger partial charge >= 0.3 is 5.97 Å². The number of fused-ring (bicyclic) bond motifs is 1. The molecule has 0 aromatic carbocycles. The molecular weight excluding hydrogens is 478 g/mol. The molecule has 4 rings (SSSR count). The van der Waals surface area contributed by atoms with E-state index in [1.54, 1.807) is 5.38 Å². The molecule has 4 heterocycles. The smallest absolute Gasteiger partial charge is 0.353 e. The van der Waals surface area contributed by atoms with Gasteiger partial charge in [-0.3, -0.25) is 14.5 Å². The average molecular weight is 500 g/mol. The van der Waals surface area contributed by atoms with E-state index in [2.05, 4.69) is 15.5 Å². The van der Waals surface area contributed by atoms with Crippen molar-refractivity contribution < 1.29 is 29.1 Å². The van der Waals surface area contributed by atoms with Crippen molar-refractivity contribution >= 4 is 63.5 Å². The number of carboxylic acid groups (broad SMARTS) is 1. The number of rotatable bonds is 7. The summed E-state index contributed by atoms with van der Waals surface area (Å²) in [6.07, 6.45) is 1.68. The fourth-order valence-corrected chi connectivity index (χ4v) is 6.92. The number of ether oxygens (including phenoxy) is 1. The lowest BCUT2D eigenvalue weighted by molar-refractivity contribution is -0.150. The molecule has 14 heteroatoms. The zero-order valence-electron chi connectivity index (χ0n) is 17.0. The number of thioether (sulfide) groups is 2. The van der Waals surface area contributed by atoms with Gasteiger partial charge in [-0.05, 0) is 12.8 Å². The Balaban J connectivity index is 1.49. The first kappa shape index (κ1) is 22.9. The highest BCUT2D eigenvalue weighted by Crippen LogP contribution is 2.45. The van der Waals surface area contributed by atoms with Crippen LogP contribution >= 0.6 is 34.9 Å². The number of carbonyl (C=O) groups is 3. The standard InChI is InChI=1S/C18H21N5O6S3/c1-28-22-11(9-6-31-18(19)20-9)14(24)21-12-15(25)23-13(17(26)27)10(7-30-16(12)23)32-8-2-4-29-5-3-8/h6,8,12,16H,2-5,7H2,1H3,(H2,19,20)(H,21,24)(H,26,27)/b22-11-/t12?,16-/m0/s1. The van der Waals surface area contributed by atoms with Crippen LogP contribution in [-0.2, 0) is 24.0 Å². The first-order chi connectivity index (χ1) is 15.4. The molecule has 2 atom stereocenters. The first-order valence-electron chi connectivity index (χ1n) is 9.69. The number of oxime groups is 1. The van der Waals surface area contributed by atoms with Gasteiger partial charge in [-0.15, -0.1) is 34.9 Å². The molecule has 0 aliphatic carbocycles. The summed E-state index contributed by atoms with van der Waals surface area (Å²) in [5, 5.41) is 17.7. The fraction of sp³-hybridized carbons (Fsp3) is 0.500. The highest BCUT2D eigenvalue weighted by molar-refractivity contribution is 8.06. The number of carboxylic acids is 1. The van der Waals surface area contributed by atoms with Gasteiger partial charge < -0.3 is 25.7 Å². The normalized spacial score (nSPS) is 24.1. The van der Waals surface area contributed by atoms with Gasteiger partial charge in [0.2, 0.25) is 0 Å². The lowest BCUT2D eigenvalue weighted by Crippen LogP contribution is -2.71. The third kappa shape index (κ3) is 4.44. The molecule has 2 amide bonds. The molecule has 1 unspecified atom stereocenters.